The van der Waals surface area contributed by atoms with Crippen molar-refractivity contribution in [1.29, 1.82) is 5.26 Å². The number of nitro benzene ring substituents is 1. The van der Waals surface area contributed by atoms with Crippen LogP contribution in [0.15, 0.2) is 77.0 Å². The molecule has 170 valence electrons. The molecule has 0 amide bonds. The molecule has 8 nitrogen and oxygen atoms in total. The maximum absolute atomic E-state index is 12.6. The largest absolute Gasteiger partial charge is 0.440 e. The quantitative estimate of drug-likeness (QED) is 0.164. The minimum atomic E-state index is -0.866. The number of fused-ring (bicyclic) bond motifs is 1. The maximum Gasteiger partial charge on any atom is 0.345 e. The van der Waals surface area contributed by atoms with E-state index in [-0.39, 0.29) is 33.5 Å². The fourth-order valence-electron chi connectivity index (χ4n) is 3.58. The average Bonchev–Trinajstić information content (AvgIpc) is 2.83. The van der Waals surface area contributed by atoms with E-state index in [1.54, 1.807) is 23.9 Å². The standard InChI is InChI=1S/C24H16ClN3O5S/c1-34-16-6-2-13(3-7-16)22-17-8-5-15(11-21(17)33-23(27)19(22)12-26)32-24(29)18-10-14(28(30)31)4-9-20(18)25/h2-11,22H,27H2,1H3. The van der Waals surface area contributed by atoms with Gasteiger partial charge in [0, 0.05) is 28.7 Å². The number of thioether (sulfide) groups is 1. The minimum absolute atomic E-state index is 0.0180. The summed E-state index contributed by atoms with van der Waals surface area (Å²) in [5, 5.41) is 20.7. The SMILES string of the molecule is CSc1ccc(C2C(C#N)=C(N)Oc3cc(OC(=O)c4cc([N+](=O)[O-])ccc4Cl)ccc32)cc1. The first-order chi connectivity index (χ1) is 16.3. The second-order valence-electron chi connectivity index (χ2n) is 7.21. The first-order valence-corrected chi connectivity index (χ1v) is 11.4. The number of esters is 1. The Balaban J connectivity index is 1.68. The number of benzene rings is 3. The van der Waals surface area contributed by atoms with E-state index in [0.717, 1.165) is 16.5 Å². The van der Waals surface area contributed by atoms with Crippen LogP contribution in [0.3, 0.4) is 0 Å². The summed E-state index contributed by atoms with van der Waals surface area (Å²) in [4.78, 5) is 24.1. The smallest absolute Gasteiger partial charge is 0.345 e. The van der Waals surface area contributed by atoms with E-state index in [1.807, 2.05) is 30.5 Å². The fourth-order valence-corrected chi connectivity index (χ4v) is 4.19. The second kappa shape index (κ2) is 9.47. The number of nitriles is 1. The van der Waals surface area contributed by atoms with Crippen molar-refractivity contribution < 1.29 is 19.2 Å². The molecule has 3 aromatic carbocycles. The summed E-state index contributed by atoms with van der Waals surface area (Å²) in [6, 6.07) is 18.1. The predicted molar refractivity (Wildman–Crippen MR) is 127 cm³/mol. The first kappa shape index (κ1) is 23.2. The molecule has 0 aliphatic carbocycles. The number of nitro groups is 1. The van der Waals surface area contributed by atoms with Crippen LogP contribution in [0.1, 0.15) is 27.4 Å². The number of non-ortho nitro benzene ring substituents is 1. The van der Waals surface area contributed by atoms with Gasteiger partial charge in [-0.1, -0.05) is 29.8 Å². The van der Waals surface area contributed by atoms with Gasteiger partial charge in [0.2, 0.25) is 5.88 Å². The predicted octanol–water partition coefficient (Wildman–Crippen LogP) is 5.41. The van der Waals surface area contributed by atoms with Crippen molar-refractivity contribution in [3.05, 3.63) is 104 Å². The van der Waals surface area contributed by atoms with Crippen molar-refractivity contribution in [2.75, 3.05) is 6.26 Å². The molecule has 1 atom stereocenters. The molecule has 1 aliphatic heterocycles. The van der Waals surface area contributed by atoms with Crippen molar-refractivity contribution in [3.63, 3.8) is 0 Å². The highest BCUT2D eigenvalue weighted by atomic mass is 35.5. The van der Waals surface area contributed by atoms with Gasteiger partial charge in [0.05, 0.1) is 21.4 Å². The van der Waals surface area contributed by atoms with Crippen molar-refractivity contribution in [1.82, 2.24) is 0 Å². The molecule has 1 unspecified atom stereocenters. The third-order valence-electron chi connectivity index (χ3n) is 5.23. The Labute approximate surface area is 203 Å². The lowest BCUT2D eigenvalue weighted by Crippen LogP contribution is -2.21. The summed E-state index contributed by atoms with van der Waals surface area (Å²) in [6.45, 7) is 0. The number of halogens is 1. The fraction of sp³-hybridized carbons (Fsp3) is 0.0833. The van der Waals surface area contributed by atoms with Gasteiger partial charge in [-0.2, -0.15) is 5.26 Å². The highest BCUT2D eigenvalue weighted by Crippen LogP contribution is 2.43. The molecule has 3 aromatic rings. The number of nitrogens with two attached hydrogens (primary N) is 1. The summed E-state index contributed by atoms with van der Waals surface area (Å²) < 4.78 is 11.0. The third kappa shape index (κ3) is 4.41. The number of hydrogen-bond donors (Lipinski definition) is 1. The van der Waals surface area contributed by atoms with Crippen LogP contribution < -0.4 is 15.2 Å². The highest BCUT2D eigenvalue weighted by molar-refractivity contribution is 7.98. The first-order valence-electron chi connectivity index (χ1n) is 9.84. The summed E-state index contributed by atoms with van der Waals surface area (Å²) in [6.07, 6.45) is 1.97. The number of carbonyl (C=O) groups is 1. The van der Waals surface area contributed by atoms with Gasteiger partial charge < -0.3 is 15.2 Å². The molecule has 0 spiro atoms. The normalized spacial score (nSPS) is 14.6. The Kier molecular flexibility index (Phi) is 6.45. The molecular formula is C24H16ClN3O5S. The Bertz CT molecular complexity index is 1380. The van der Waals surface area contributed by atoms with Gasteiger partial charge in [-0.25, -0.2) is 4.79 Å². The van der Waals surface area contributed by atoms with E-state index in [4.69, 9.17) is 26.8 Å². The van der Waals surface area contributed by atoms with E-state index in [1.165, 1.54) is 18.2 Å². The highest BCUT2D eigenvalue weighted by Gasteiger charge is 2.31. The van der Waals surface area contributed by atoms with Gasteiger partial charge in [-0.15, -0.1) is 11.8 Å². The zero-order chi connectivity index (χ0) is 24.4. The van der Waals surface area contributed by atoms with Gasteiger partial charge in [-0.3, -0.25) is 10.1 Å². The van der Waals surface area contributed by atoms with Crippen molar-refractivity contribution in [2.24, 2.45) is 5.73 Å². The van der Waals surface area contributed by atoms with Crippen LogP contribution in [-0.2, 0) is 0 Å². The molecule has 10 heteroatoms. The molecule has 0 radical (unpaired) electrons. The molecule has 1 aliphatic rings. The van der Waals surface area contributed by atoms with Crippen LogP contribution >= 0.6 is 23.4 Å². The number of allylic oxidation sites excluding steroid dienone is 1. The number of carbonyl (C=O) groups excluding carboxylic acids is 1. The molecule has 4 rings (SSSR count). The Hall–Kier alpha value is -4.00. The molecule has 0 bridgehead atoms. The number of ether oxygens (including phenoxy) is 2. The number of rotatable bonds is 5. The lowest BCUT2D eigenvalue weighted by molar-refractivity contribution is -0.384. The minimum Gasteiger partial charge on any atom is -0.440 e. The zero-order valence-electron chi connectivity index (χ0n) is 17.7. The van der Waals surface area contributed by atoms with Crippen LogP contribution in [0.4, 0.5) is 5.69 Å². The molecule has 34 heavy (non-hydrogen) atoms. The van der Waals surface area contributed by atoms with Crippen LogP contribution in [-0.4, -0.2) is 17.1 Å². The number of hydrogen-bond acceptors (Lipinski definition) is 8. The zero-order valence-corrected chi connectivity index (χ0v) is 19.2. The summed E-state index contributed by atoms with van der Waals surface area (Å²) >= 11 is 7.64. The Morgan fingerprint density at radius 1 is 1.21 bits per heavy atom. The second-order valence-corrected chi connectivity index (χ2v) is 8.50. The monoisotopic (exact) mass is 493 g/mol. The van der Waals surface area contributed by atoms with Gasteiger partial charge >= 0.3 is 5.97 Å². The van der Waals surface area contributed by atoms with Crippen LogP contribution in [0.2, 0.25) is 5.02 Å². The van der Waals surface area contributed by atoms with Gasteiger partial charge in [0.1, 0.15) is 23.1 Å². The van der Waals surface area contributed by atoms with Crippen molar-refractivity contribution >= 4 is 35.0 Å². The van der Waals surface area contributed by atoms with Gasteiger partial charge in [0.25, 0.3) is 5.69 Å². The molecule has 1 heterocycles. The van der Waals surface area contributed by atoms with Crippen LogP contribution in [0, 0.1) is 21.4 Å². The van der Waals surface area contributed by atoms with E-state index in [0.29, 0.717) is 11.3 Å². The molecular weight excluding hydrogens is 478 g/mol. The summed E-state index contributed by atoms with van der Waals surface area (Å²) in [7, 11) is 0. The molecule has 0 aromatic heterocycles. The lowest BCUT2D eigenvalue weighted by Gasteiger charge is -2.26. The molecule has 2 N–H and O–H groups in total. The summed E-state index contributed by atoms with van der Waals surface area (Å²) in [5.41, 5.74) is 7.41. The van der Waals surface area contributed by atoms with E-state index in [2.05, 4.69) is 6.07 Å². The van der Waals surface area contributed by atoms with Crippen molar-refractivity contribution in [3.8, 4) is 17.6 Å². The van der Waals surface area contributed by atoms with Crippen molar-refractivity contribution in [2.45, 2.75) is 10.8 Å². The Morgan fingerprint density at radius 3 is 2.59 bits per heavy atom. The van der Waals surface area contributed by atoms with Crippen LogP contribution in [0.5, 0.6) is 11.5 Å². The topological polar surface area (TPSA) is 128 Å². The average molecular weight is 494 g/mol. The lowest BCUT2D eigenvalue weighted by atomic mass is 9.83. The van der Waals surface area contributed by atoms with E-state index < -0.39 is 16.8 Å². The third-order valence-corrected chi connectivity index (χ3v) is 6.30. The van der Waals surface area contributed by atoms with Crippen LogP contribution in [0.25, 0.3) is 0 Å². The Morgan fingerprint density at radius 2 is 1.94 bits per heavy atom. The molecule has 0 fully saturated rings. The molecule has 0 saturated heterocycles. The molecule has 0 saturated carbocycles. The van der Waals surface area contributed by atoms with Gasteiger partial charge in [-0.05, 0) is 36.1 Å². The van der Waals surface area contributed by atoms with E-state index in [9.17, 15) is 20.2 Å². The van der Waals surface area contributed by atoms with E-state index >= 15 is 0 Å². The summed E-state index contributed by atoms with van der Waals surface area (Å²) in [5.74, 6) is -0.920. The maximum atomic E-state index is 12.6. The number of nitrogens with zero attached hydrogens (tertiary/aromatic N) is 2. The van der Waals surface area contributed by atoms with Gasteiger partial charge in [0.15, 0.2) is 0 Å².